The third-order valence-electron chi connectivity index (χ3n) is 4.35. The van der Waals surface area contributed by atoms with E-state index in [4.69, 9.17) is 4.52 Å². The summed E-state index contributed by atoms with van der Waals surface area (Å²) in [6.07, 6.45) is 0.211. The average molecular weight is 374 g/mol. The van der Waals surface area contributed by atoms with Gasteiger partial charge in [0.05, 0.1) is 23.4 Å². The highest BCUT2D eigenvalue weighted by Gasteiger charge is 2.17. The molecule has 2 heterocycles. The Hall–Kier alpha value is -3.81. The number of hydrogen-bond donors (Lipinski definition) is 1. The number of carbonyl (C=O) groups excluding carboxylic acids is 1. The van der Waals surface area contributed by atoms with Gasteiger partial charge in [0.1, 0.15) is 0 Å². The molecule has 8 heteroatoms. The van der Waals surface area contributed by atoms with Crippen molar-refractivity contribution in [3.63, 3.8) is 0 Å². The second kappa shape index (κ2) is 7.43. The Bertz CT molecular complexity index is 1100. The fourth-order valence-corrected chi connectivity index (χ4v) is 2.98. The highest BCUT2D eigenvalue weighted by Crippen LogP contribution is 2.31. The van der Waals surface area contributed by atoms with Crippen LogP contribution in [0.4, 0.5) is 5.88 Å². The van der Waals surface area contributed by atoms with E-state index >= 15 is 0 Å². The number of aryl methyl sites for hydroxylation is 2. The molecule has 0 atom stereocenters. The van der Waals surface area contributed by atoms with Crippen molar-refractivity contribution in [3.8, 4) is 16.8 Å². The summed E-state index contributed by atoms with van der Waals surface area (Å²) in [4.78, 5) is 12.5. The number of nitrogens with one attached hydrogen (secondary N) is 1. The molecule has 0 spiro atoms. The van der Waals surface area contributed by atoms with Gasteiger partial charge in [-0.25, -0.2) is 0 Å². The Morgan fingerprint density at radius 2 is 1.82 bits per heavy atom. The van der Waals surface area contributed by atoms with Crippen LogP contribution in [0.15, 0.2) is 59.1 Å². The first-order valence-electron chi connectivity index (χ1n) is 8.77. The summed E-state index contributed by atoms with van der Waals surface area (Å²) in [5.41, 5.74) is 4.16. The largest absolute Gasteiger partial charge is 0.337 e. The normalized spacial score (nSPS) is 10.8. The Labute approximate surface area is 161 Å². The molecule has 0 aliphatic heterocycles. The van der Waals surface area contributed by atoms with Gasteiger partial charge in [0.2, 0.25) is 11.8 Å². The standard InChI is InChI=1S/C20H18N6O2/c1-13-19(16-6-4-3-5-7-16)20(28-23-13)21-18(27)12-15-8-10-17(11-9-15)26-14(2)22-24-25-26/h3-11H,12H2,1-2H3,(H,21,27). The number of carbonyl (C=O) groups is 1. The van der Waals surface area contributed by atoms with Crippen LogP contribution in [-0.2, 0) is 11.2 Å². The minimum Gasteiger partial charge on any atom is -0.337 e. The quantitative estimate of drug-likeness (QED) is 0.576. The maximum absolute atomic E-state index is 12.5. The van der Waals surface area contributed by atoms with Gasteiger partial charge < -0.3 is 4.52 Å². The number of aromatic nitrogens is 5. The van der Waals surface area contributed by atoms with E-state index in [9.17, 15) is 4.79 Å². The van der Waals surface area contributed by atoms with E-state index in [-0.39, 0.29) is 12.3 Å². The summed E-state index contributed by atoms with van der Waals surface area (Å²) < 4.78 is 6.96. The number of rotatable bonds is 5. The smallest absolute Gasteiger partial charge is 0.239 e. The van der Waals surface area contributed by atoms with Gasteiger partial charge in [0, 0.05) is 0 Å². The number of benzene rings is 2. The van der Waals surface area contributed by atoms with Crippen LogP contribution >= 0.6 is 0 Å². The van der Waals surface area contributed by atoms with Gasteiger partial charge in [-0.15, -0.1) is 5.10 Å². The topological polar surface area (TPSA) is 98.7 Å². The lowest BCUT2D eigenvalue weighted by Gasteiger charge is -2.06. The van der Waals surface area contributed by atoms with Crippen molar-refractivity contribution in [1.29, 1.82) is 0 Å². The predicted octanol–water partition coefficient (Wildman–Crippen LogP) is 3.12. The molecular weight excluding hydrogens is 356 g/mol. The fraction of sp³-hybridized carbons (Fsp3) is 0.150. The van der Waals surface area contributed by atoms with Gasteiger partial charge in [-0.05, 0) is 47.5 Å². The van der Waals surface area contributed by atoms with Crippen molar-refractivity contribution in [2.45, 2.75) is 20.3 Å². The van der Waals surface area contributed by atoms with Crippen LogP contribution in [0.1, 0.15) is 17.1 Å². The van der Waals surface area contributed by atoms with Crippen molar-refractivity contribution < 1.29 is 9.32 Å². The van der Waals surface area contributed by atoms with Crippen molar-refractivity contribution >= 4 is 11.8 Å². The summed E-state index contributed by atoms with van der Waals surface area (Å²) in [7, 11) is 0. The average Bonchev–Trinajstić information content (AvgIpc) is 3.28. The lowest BCUT2D eigenvalue weighted by molar-refractivity contribution is -0.115. The Morgan fingerprint density at radius 1 is 1.07 bits per heavy atom. The van der Waals surface area contributed by atoms with Crippen molar-refractivity contribution in [2.24, 2.45) is 0 Å². The molecule has 4 aromatic rings. The molecule has 0 aliphatic carbocycles. The molecular formula is C20H18N6O2. The van der Waals surface area contributed by atoms with E-state index in [1.165, 1.54) is 0 Å². The minimum atomic E-state index is -0.181. The molecule has 1 N–H and O–H groups in total. The lowest BCUT2D eigenvalue weighted by atomic mass is 10.1. The summed E-state index contributed by atoms with van der Waals surface area (Å²) in [6, 6.07) is 17.2. The molecule has 2 aromatic heterocycles. The van der Waals surface area contributed by atoms with Crippen molar-refractivity contribution in [3.05, 3.63) is 71.7 Å². The first kappa shape index (κ1) is 17.6. The van der Waals surface area contributed by atoms with Crippen LogP contribution in [0, 0.1) is 13.8 Å². The third-order valence-corrected chi connectivity index (χ3v) is 4.35. The molecule has 0 fully saturated rings. The third kappa shape index (κ3) is 3.52. The maximum Gasteiger partial charge on any atom is 0.239 e. The molecule has 28 heavy (non-hydrogen) atoms. The summed E-state index contributed by atoms with van der Waals surface area (Å²) in [5, 5.41) is 18.2. The van der Waals surface area contributed by atoms with E-state index in [0.29, 0.717) is 11.7 Å². The van der Waals surface area contributed by atoms with Crippen LogP contribution in [0.2, 0.25) is 0 Å². The van der Waals surface area contributed by atoms with E-state index in [1.807, 2.05) is 68.4 Å². The molecule has 8 nitrogen and oxygen atoms in total. The Balaban J connectivity index is 1.48. The molecule has 0 unspecified atom stereocenters. The van der Waals surface area contributed by atoms with E-state index in [2.05, 4.69) is 26.0 Å². The summed E-state index contributed by atoms with van der Waals surface area (Å²) >= 11 is 0. The number of hydrogen-bond acceptors (Lipinski definition) is 6. The van der Waals surface area contributed by atoms with Crippen molar-refractivity contribution in [1.82, 2.24) is 25.4 Å². The molecule has 2 aromatic carbocycles. The number of anilines is 1. The highest BCUT2D eigenvalue weighted by atomic mass is 16.5. The fourth-order valence-electron chi connectivity index (χ4n) is 2.98. The van der Waals surface area contributed by atoms with Crippen LogP contribution < -0.4 is 5.32 Å². The zero-order valence-corrected chi connectivity index (χ0v) is 15.5. The molecule has 0 bridgehead atoms. The van der Waals surface area contributed by atoms with Gasteiger partial charge in [0.15, 0.2) is 5.82 Å². The maximum atomic E-state index is 12.5. The van der Waals surface area contributed by atoms with Gasteiger partial charge >= 0.3 is 0 Å². The lowest BCUT2D eigenvalue weighted by Crippen LogP contribution is -2.14. The van der Waals surface area contributed by atoms with Gasteiger partial charge in [-0.3, -0.25) is 10.1 Å². The van der Waals surface area contributed by atoms with Gasteiger partial charge in [-0.2, -0.15) is 4.68 Å². The minimum absolute atomic E-state index is 0.181. The monoisotopic (exact) mass is 374 g/mol. The Kier molecular flexibility index (Phi) is 4.67. The van der Waals surface area contributed by atoms with Crippen LogP contribution in [-0.4, -0.2) is 31.3 Å². The number of amides is 1. The Morgan fingerprint density at radius 3 is 2.50 bits per heavy atom. The highest BCUT2D eigenvalue weighted by molar-refractivity contribution is 5.95. The van der Waals surface area contributed by atoms with Crippen LogP contribution in [0.5, 0.6) is 0 Å². The molecule has 1 amide bonds. The molecule has 0 saturated carbocycles. The van der Waals surface area contributed by atoms with Crippen molar-refractivity contribution in [2.75, 3.05) is 5.32 Å². The number of tetrazole rings is 1. The predicted molar refractivity (Wildman–Crippen MR) is 103 cm³/mol. The molecule has 140 valence electrons. The van der Waals surface area contributed by atoms with E-state index in [1.54, 1.807) is 4.68 Å². The SMILES string of the molecule is Cc1noc(NC(=O)Cc2ccc(-n3nnnc3C)cc2)c1-c1ccccc1. The molecule has 0 aliphatic rings. The van der Waals surface area contributed by atoms with E-state index < -0.39 is 0 Å². The first-order valence-corrected chi connectivity index (χ1v) is 8.77. The molecule has 0 radical (unpaired) electrons. The molecule has 0 saturated heterocycles. The van der Waals surface area contributed by atoms with Gasteiger partial charge in [-0.1, -0.05) is 47.6 Å². The number of nitrogens with zero attached hydrogens (tertiary/aromatic N) is 5. The summed E-state index contributed by atoms with van der Waals surface area (Å²) in [6.45, 7) is 3.67. The van der Waals surface area contributed by atoms with Crippen LogP contribution in [0.25, 0.3) is 16.8 Å². The summed E-state index contributed by atoms with van der Waals surface area (Å²) in [5.74, 6) is 0.869. The van der Waals surface area contributed by atoms with Crippen LogP contribution in [0.3, 0.4) is 0 Å². The second-order valence-corrected chi connectivity index (χ2v) is 6.37. The zero-order chi connectivity index (χ0) is 19.5. The first-order chi connectivity index (χ1) is 13.6. The second-order valence-electron chi connectivity index (χ2n) is 6.37. The molecule has 4 rings (SSSR count). The van der Waals surface area contributed by atoms with Gasteiger partial charge in [0.25, 0.3) is 0 Å². The van der Waals surface area contributed by atoms with E-state index in [0.717, 1.165) is 28.1 Å². The zero-order valence-electron chi connectivity index (χ0n) is 15.5.